The number of alkyl halides is 1. The Labute approximate surface area is 105 Å². The largest absolute Gasteiger partial charge is 0.385 e. The van der Waals surface area contributed by atoms with Crippen molar-refractivity contribution in [1.82, 2.24) is 0 Å². The molecule has 0 saturated carbocycles. The minimum Gasteiger partial charge on any atom is -0.385 e. The predicted octanol–water partition coefficient (Wildman–Crippen LogP) is 2.61. The van der Waals surface area contributed by atoms with E-state index in [0.29, 0.717) is 0 Å². The molecule has 0 rings (SSSR count). The Bertz CT molecular complexity index is 136. The summed E-state index contributed by atoms with van der Waals surface area (Å²) in [5, 5.41) is 0. The van der Waals surface area contributed by atoms with Crippen LogP contribution < -0.4 is 0 Å². The third-order valence-electron chi connectivity index (χ3n) is 3.13. The van der Waals surface area contributed by atoms with E-state index in [0.717, 1.165) is 49.9 Å². The smallest absolute Gasteiger partial charge is 0.0615 e. The number of halogens is 1. The lowest BCUT2D eigenvalue weighted by Gasteiger charge is -2.30. The summed E-state index contributed by atoms with van der Waals surface area (Å²) < 4.78 is 15.6. The van der Waals surface area contributed by atoms with Gasteiger partial charge in [0, 0.05) is 47.0 Å². The lowest BCUT2D eigenvalue weighted by Crippen LogP contribution is -2.38. The minimum atomic E-state index is -1.37. The molecule has 0 aromatic carbocycles. The maximum absolute atomic E-state index is 5.93. The van der Waals surface area contributed by atoms with Crippen LogP contribution in [-0.4, -0.2) is 55.1 Å². The number of hydrogen-bond acceptors (Lipinski definition) is 3. The Morgan fingerprint density at radius 3 is 1.38 bits per heavy atom. The fraction of sp³-hybridized carbons (Fsp3) is 1.00. The molecule has 0 atom stereocenters. The molecule has 0 aromatic rings. The molecule has 0 spiro atoms. The van der Waals surface area contributed by atoms with E-state index in [4.69, 9.17) is 25.8 Å². The van der Waals surface area contributed by atoms with E-state index >= 15 is 0 Å². The fourth-order valence-corrected chi connectivity index (χ4v) is 6.92. The zero-order valence-corrected chi connectivity index (χ0v) is 12.5. The van der Waals surface area contributed by atoms with Crippen molar-refractivity contribution in [3.8, 4) is 0 Å². The second-order valence-corrected chi connectivity index (χ2v) is 9.55. The summed E-state index contributed by atoms with van der Waals surface area (Å²) in [6.45, 7) is 2.49. The van der Waals surface area contributed by atoms with Gasteiger partial charge in [-0.05, 0) is 24.2 Å². The summed E-state index contributed by atoms with van der Waals surface area (Å²) in [6.07, 6.45) is 0. The Hall–Kier alpha value is 0.387. The highest BCUT2D eigenvalue weighted by molar-refractivity contribution is 6.80. The summed E-state index contributed by atoms with van der Waals surface area (Å²) in [5.74, 6) is 0.739. The van der Waals surface area contributed by atoms with Crippen molar-refractivity contribution in [3.05, 3.63) is 0 Å². The first-order valence-electron chi connectivity index (χ1n) is 5.77. The molecule has 0 bridgehead atoms. The number of ether oxygens (including phenoxy) is 3. The van der Waals surface area contributed by atoms with Crippen molar-refractivity contribution in [1.29, 1.82) is 0 Å². The Kier molecular flexibility index (Phi) is 10.8. The quantitative estimate of drug-likeness (QED) is 0.426. The third-order valence-corrected chi connectivity index (χ3v) is 8.75. The number of rotatable bonds is 11. The molecule has 16 heavy (non-hydrogen) atoms. The van der Waals surface area contributed by atoms with E-state index in [1.165, 1.54) is 0 Å². The maximum atomic E-state index is 5.93. The van der Waals surface area contributed by atoms with Crippen LogP contribution in [0.1, 0.15) is 0 Å². The molecule has 98 valence electrons. The van der Waals surface area contributed by atoms with Crippen molar-refractivity contribution in [3.63, 3.8) is 0 Å². The summed E-state index contributed by atoms with van der Waals surface area (Å²) >= 11 is 5.93. The van der Waals surface area contributed by atoms with Gasteiger partial charge in [0.05, 0.1) is 8.07 Å². The topological polar surface area (TPSA) is 27.7 Å². The van der Waals surface area contributed by atoms with Gasteiger partial charge < -0.3 is 14.2 Å². The van der Waals surface area contributed by atoms with Gasteiger partial charge in [0.2, 0.25) is 0 Å². The van der Waals surface area contributed by atoms with Crippen LogP contribution >= 0.6 is 11.6 Å². The molecule has 0 fully saturated rings. The van der Waals surface area contributed by atoms with Gasteiger partial charge in [-0.15, -0.1) is 11.6 Å². The molecule has 5 heteroatoms. The standard InChI is InChI=1S/C11H25ClO3Si/c1-13-5-9-16(8-4-12,10-6-14-2)11-7-15-3/h4-11H2,1-3H3. The normalized spacial score (nSPS) is 12.0. The summed E-state index contributed by atoms with van der Waals surface area (Å²) in [5.41, 5.74) is 0. The second-order valence-electron chi connectivity index (χ2n) is 4.17. The summed E-state index contributed by atoms with van der Waals surface area (Å²) in [4.78, 5) is 0. The van der Waals surface area contributed by atoms with Crippen LogP contribution in [0.25, 0.3) is 0 Å². The molecule has 0 saturated heterocycles. The van der Waals surface area contributed by atoms with Gasteiger partial charge in [0.1, 0.15) is 0 Å². The monoisotopic (exact) mass is 268 g/mol. The zero-order valence-electron chi connectivity index (χ0n) is 10.8. The van der Waals surface area contributed by atoms with Crippen molar-refractivity contribution < 1.29 is 14.2 Å². The van der Waals surface area contributed by atoms with E-state index in [1.54, 1.807) is 21.3 Å². The highest BCUT2D eigenvalue weighted by Gasteiger charge is 2.31. The van der Waals surface area contributed by atoms with Gasteiger partial charge in [0.25, 0.3) is 0 Å². The SMILES string of the molecule is COCC[Si](CCCl)(CCOC)CCOC. The molecule has 0 amide bonds. The highest BCUT2D eigenvalue weighted by Crippen LogP contribution is 2.26. The molecule has 0 aliphatic rings. The van der Waals surface area contributed by atoms with Crippen molar-refractivity contribution in [2.24, 2.45) is 0 Å². The van der Waals surface area contributed by atoms with E-state index < -0.39 is 8.07 Å². The fourth-order valence-electron chi connectivity index (χ4n) is 1.91. The van der Waals surface area contributed by atoms with Crippen LogP contribution in [0, 0.1) is 0 Å². The molecule has 0 aliphatic carbocycles. The van der Waals surface area contributed by atoms with Crippen LogP contribution in [0.3, 0.4) is 0 Å². The van der Waals surface area contributed by atoms with Crippen LogP contribution in [0.5, 0.6) is 0 Å². The molecular formula is C11H25ClO3Si. The molecule has 0 heterocycles. The first-order valence-corrected chi connectivity index (χ1v) is 9.14. The highest BCUT2D eigenvalue weighted by atomic mass is 35.5. The Balaban J connectivity index is 4.32. The van der Waals surface area contributed by atoms with E-state index in [2.05, 4.69) is 0 Å². The molecule has 0 aliphatic heterocycles. The third kappa shape index (κ3) is 6.86. The average Bonchev–Trinajstić information content (AvgIpc) is 2.31. The van der Waals surface area contributed by atoms with Crippen LogP contribution in [0.15, 0.2) is 0 Å². The van der Waals surface area contributed by atoms with Crippen LogP contribution in [-0.2, 0) is 14.2 Å². The second kappa shape index (κ2) is 10.5. The van der Waals surface area contributed by atoms with E-state index in [-0.39, 0.29) is 0 Å². The van der Waals surface area contributed by atoms with Crippen LogP contribution in [0.4, 0.5) is 0 Å². The van der Waals surface area contributed by atoms with E-state index in [1.807, 2.05) is 0 Å². The first kappa shape index (κ1) is 16.4. The van der Waals surface area contributed by atoms with Crippen molar-refractivity contribution in [2.75, 3.05) is 47.0 Å². The lowest BCUT2D eigenvalue weighted by molar-refractivity contribution is 0.201. The van der Waals surface area contributed by atoms with Gasteiger partial charge in [0.15, 0.2) is 0 Å². The number of hydrogen-bond donors (Lipinski definition) is 0. The van der Waals surface area contributed by atoms with Gasteiger partial charge >= 0.3 is 0 Å². The Morgan fingerprint density at radius 1 is 0.750 bits per heavy atom. The summed E-state index contributed by atoms with van der Waals surface area (Å²) in [6, 6.07) is 4.60. The van der Waals surface area contributed by atoms with E-state index in [9.17, 15) is 0 Å². The van der Waals surface area contributed by atoms with Gasteiger partial charge in [-0.3, -0.25) is 0 Å². The predicted molar refractivity (Wildman–Crippen MR) is 71.3 cm³/mol. The van der Waals surface area contributed by atoms with Crippen molar-refractivity contribution >= 4 is 19.7 Å². The number of methoxy groups -OCH3 is 3. The van der Waals surface area contributed by atoms with Crippen LogP contribution in [0.2, 0.25) is 24.2 Å². The molecule has 0 unspecified atom stereocenters. The molecular weight excluding hydrogens is 244 g/mol. The van der Waals surface area contributed by atoms with Gasteiger partial charge in [-0.25, -0.2) is 0 Å². The van der Waals surface area contributed by atoms with Gasteiger partial charge in [-0.2, -0.15) is 0 Å². The summed E-state index contributed by atoms with van der Waals surface area (Å²) in [7, 11) is 3.90. The minimum absolute atomic E-state index is 0.739. The first-order chi connectivity index (χ1) is 7.74. The molecule has 0 N–H and O–H groups in total. The molecule has 0 radical (unpaired) electrons. The van der Waals surface area contributed by atoms with Crippen molar-refractivity contribution in [2.45, 2.75) is 24.2 Å². The zero-order chi connectivity index (χ0) is 12.3. The maximum Gasteiger partial charge on any atom is 0.0615 e. The lowest BCUT2D eigenvalue weighted by atomic mass is 10.8. The van der Waals surface area contributed by atoms with Gasteiger partial charge in [-0.1, -0.05) is 0 Å². The molecule has 0 aromatic heterocycles. The Morgan fingerprint density at radius 2 is 1.12 bits per heavy atom. The molecule has 3 nitrogen and oxygen atoms in total. The average molecular weight is 269 g/mol.